The van der Waals surface area contributed by atoms with E-state index in [1.807, 2.05) is 0 Å². The molecule has 31 heavy (non-hydrogen) atoms. The molecular formula is C22H21ClFN3O4. The second-order valence-electron chi connectivity index (χ2n) is 5.97. The molecule has 7 nitrogen and oxygen atoms in total. The van der Waals surface area contributed by atoms with Gasteiger partial charge in [0.15, 0.2) is 11.4 Å². The van der Waals surface area contributed by atoms with Gasteiger partial charge in [-0.15, -0.1) is 0 Å². The van der Waals surface area contributed by atoms with E-state index in [-0.39, 0.29) is 24.7 Å². The Morgan fingerprint density at radius 1 is 1.16 bits per heavy atom. The average molecular weight is 446 g/mol. The Kier molecular flexibility index (Phi) is 9.49. The van der Waals surface area contributed by atoms with Gasteiger partial charge in [-0.2, -0.15) is 0 Å². The topological polar surface area (TPSA) is 81.5 Å². The second kappa shape index (κ2) is 12.3. The molecule has 0 bridgehead atoms. The van der Waals surface area contributed by atoms with E-state index in [1.165, 1.54) is 33.4 Å². The van der Waals surface area contributed by atoms with E-state index in [9.17, 15) is 9.18 Å². The monoisotopic (exact) mass is 445 g/mol. The molecule has 0 spiro atoms. The number of benzene rings is 2. The van der Waals surface area contributed by atoms with Crippen molar-refractivity contribution in [2.24, 2.45) is 10.3 Å². The smallest absolute Gasteiger partial charge is 0.273 e. The van der Waals surface area contributed by atoms with Crippen molar-refractivity contribution < 1.29 is 23.6 Å². The number of carbonyl (C=O) groups excluding carboxylic acids is 1. The fraction of sp³-hybridized carbons (Fsp3) is 0.227. The summed E-state index contributed by atoms with van der Waals surface area (Å²) in [4.78, 5) is 22.4. The van der Waals surface area contributed by atoms with E-state index >= 15 is 0 Å². The van der Waals surface area contributed by atoms with Crippen LogP contribution in [0.2, 0.25) is 5.02 Å². The molecule has 0 aliphatic heterocycles. The molecule has 2 rings (SSSR count). The molecule has 0 aliphatic rings. The third-order valence-corrected chi connectivity index (χ3v) is 4.21. The van der Waals surface area contributed by atoms with Crippen molar-refractivity contribution in [3.8, 4) is 11.8 Å². The van der Waals surface area contributed by atoms with Gasteiger partial charge in [-0.25, -0.2) is 4.39 Å². The van der Waals surface area contributed by atoms with Crippen LogP contribution < -0.4 is 5.32 Å². The molecule has 0 radical (unpaired) electrons. The van der Waals surface area contributed by atoms with Gasteiger partial charge in [0.2, 0.25) is 0 Å². The summed E-state index contributed by atoms with van der Waals surface area (Å²) in [6, 6.07) is 10.8. The maximum absolute atomic E-state index is 13.0. The van der Waals surface area contributed by atoms with Crippen LogP contribution in [0.1, 0.15) is 16.7 Å². The first kappa shape index (κ1) is 23.9. The standard InChI is InChI=1S/C22H21ClFN3O4/c1-25-22(28)21(27-30-3)18-5-4-6-20(23)19(18)14-31-26-17(13-29-2)12-9-15-7-10-16(24)11-8-15/h4-8,10-11H,13-14H2,1-3H3,(H,25,28)/b26-17-,27-21+. The summed E-state index contributed by atoms with van der Waals surface area (Å²) in [5.74, 6) is 4.90. The van der Waals surface area contributed by atoms with Crippen LogP contribution in [0.15, 0.2) is 52.8 Å². The molecule has 0 saturated heterocycles. The van der Waals surface area contributed by atoms with Gasteiger partial charge in [-0.05, 0) is 36.3 Å². The fourth-order valence-electron chi connectivity index (χ4n) is 2.42. The van der Waals surface area contributed by atoms with Gasteiger partial charge in [0.05, 0.1) is 6.61 Å². The third-order valence-electron chi connectivity index (χ3n) is 3.86. The predicted molar refractivity (Wildman–Crippen MR) is 116 cm³/mol. The first-order valence-electron chi connectivity index (χ1n) is 9.06. The molecular weight excluding hydrogens is 425 g/mol. The number of nitrogens with one attached hydrogen (secondary N) is 1. The number of rotatable bonds is 8. The fourth-order valence-corrected chi connectivity index (χ4v) is 2.65. The molecule has 1 N–H and O–H groups in total. The Hall–Kier alpha value is -3.41. The van der Waals surface area contributed by atoms with Gasteiger partial charge < -0.3 is 19.7 Å². The molecule has 2 aromatic rings. The van der Waals surface area contributed by atoms with Gasteiger partial charge in [-0.1, -0.05) is 40.0 Å². The molecule has 9 heteroatoms. The van der Waals surface area contributed by atoms with Crippen LogP contribution in [0, 0.1) is 17.7 Å². The minimum absolute atomic E-state index is 0.0447. The molecule has 0 aromatic heterocycles. The average Bonchev–Trinajstić information content (AvgIpc) is 2.77. The first-order chi connectivity index (χ1) is 15.0. The van der Waals surface area contributed by atoms with Crippen molar-refractivity contribution >= 4 is 28.9 Å². The van der Waals surface area contributed by atoms with E-state index in [0.29, 0.717) is 27.4 Å². The molecule has 2 aromatic carbocycles. The van der Waals surface area contributed by atoms with Crippen LogP contribution in [-0.4, -0.2) is 45.2 Å². The number of hydrogen-bond donors (Lipinski definition) is 1. The quantitative estimate of drug-likeness (QED) is 0.384. The Morgan fingerprint density at radius 2 is 1.90 bits per heavy atom. The highest BCUT2D eigenvalue weighted by atomic mass is 35.5. The predicted octanol–water partition coefficient (Wildman–Crippen LogP) is 3.15. The molecule has 1 amide bonds. The molecule has 0 fully saturated rings. The van der Waals surface area contributed by atoms with E-state index in [1.54, 1.807) is 30.3 Å². The SMILES string of the molecule is CNC(=O)/C(=N/OC)c1cccc(Cl)c1CO/N=C(/C#Cc1ccc(F)cc1)COC. The minimum atomic E-state index is -0.445. The lowest BCUT2D eigenvalue weighted by Crippen LogP contribution is -2.29. The van der Waals surface area contributed by atoms with E-state index in [2.05, 4.69) is 27.5 Å². The van der Waals surface area contributed by atoms with Gasteiger partial charge in [0, 0.05) is 35.9 Å². The van der Waals surface area contributed by atoms with Gasteiger partial charge in [0.25, 0.3) is 5.91 Å². The van der Waals surface area contributed by atoms with Crippen molar-refractivity contribution in [2.45, 2.75) is 6.61 Å². The number of ether oxygens (including phenoxy) is 1. The Labute approximate surface area is 184 Å². The lowest BCUT2D eigenvalue weighted by molar-refractivity contribution is -0.114. The van der Waals surface area contributed by atoms with Crippen molar-refractivity contribution in [3.05, 3.63) is 70.0 Å². The number of carbonyl (C=O) groups is 1. The largest absolute Gasteiger partial charge is 0.398 e. The van der Waals surface area contributed by atoms with Crippen molar-refractivity contribution in [1.82, 2.24) is 5.32 Å². The third kappa shape index (κ3) is 7.10. The molecule has 0 unspecified atom stereocenters. The van der Waals surface area contributed by atoms with Gasteiger partial charge in [-0.3, -0.25) is 4.79 Å². The first-order valence-corrected chi connectivity index (χ1v) is 9.44. The zero-order valence-corrected chi connectivity index (χ0v) is 18.0. The van der Waals surface area contributed by atoms with Crippen LogP contribution in [0.25, 0.3) is 0 Å². The molecule has 0 heterocycles. The lowest BCUT2D eigenvalue weighted by Gasteiger charge is -2.12. The lowest BCUT2D eigenvalue weighted by atomic mass is 10.0. The maximum atomic E-state index is 13.0. The van der Waals surface area contributed by atoms with Crippen molar-refractivity contribution in [2.75, 3.05) is 27.9 Å². The summed E-state index contributed by atoms with van der Waals surface area (Å²) in [7, 11) is 4.32. The van der Waals surface area contributed by atoms with Crippen LogP contribution in [0.3, 0.4) is 0 Å². The highest BCUT2D eigenvalue weighted by molar-refractivity contribution is 6.46. The zero-order valence-electron chi connectivity index (χ0n) is 17.2. The van der Waals surface area contributed by atoms with Crippen LogP contribution in [0.4, 0.5) is 4.39 Å². The molecule has 162 valence electrons. The highest BCUT2D eigenvalue weighted by Gasteiger charge is 2.19. The minimum Gasteiger partial charge on any atom is -0.398 e. The molecule has 0 atom stereocenters. The van der Waals surface area contributed by atoms with Crippen molar-refractivity contribution in [1.29, 1.82) is 0 Å². The van der Waals surface area contributed by atoms with Crippen molar-refractivity contribution in [3.63, 3.8) is 0 Å². The summed E-state index contributed by atoms with van der Waals surface area (Å²) in [6.07, 6.45) is 0. The number of methoxy groups -OCH3 is 1. The summed E-state index contributed by atoms with van der Waals surface area (Å²) >= 11 is 6.31. The highest BCUT2D eigenvalue weighted by Crippen LogP contribution is 2.22. The Morgan fingerprint density at radius 3 is 2.55 bits per heavy atom. The molecule has 0 saturated carbocycles. The number of likely N-dealkylation sites (N-methyl/N-ethyl adjacent to an activating group) is 1. The summed E-state index contributed by atoms with van der Waals surface area (Å²) in [5.41, 5.74) is 1.91. The normalized spacial score (nSPS) is 11.4. The number of hydrogen-bond acceptors (Lipinski definition) is 6. The zero-order chi connectivity index (χ0) is 22.6. The van der Waals surface area contributed by atoms with Crippen LogP contribution in [0.5, 0.6) is 0 Å². The van der Waals surface area contributed by atoms with Crippen LogP contribution >= 0.6 is 11.6 Å². The summed E-state index contributed by atoms with van der Waals surface area (Å²) < 4.78 is 18.1. The number of amides is 1. The Bertz CT molecular complexity index is 1030. The number of halogens is 2. The second-order valence-corrected chi connectivity index (χ2v) is 6.38. The summed E-state index contributed by atoms with van der Waals surface area (Å²) in [6.45, 7) is 0.0539. The van der Waals surface area contributed by atoms with Gasteiger partial charge in [0.1, 0.15) is 19.5 Å². The van der Waals surface area contributed by atoms with Gasteiger partial charge >= 0.3 is 0 Å². The molecule has 0 aliphatic carbocycles. The van der Waals surface area contributed by atoms with Crippen LogP contribution in [-0.2, 0) is 25.8 Å². The maximum Gasteiger partial charge on any atom is 0.273 e. The van der Waals surface area contributed by atoms with E-state index in [4.69, 9.17) is 26.0 Å². The Balaban J connectivity index is 2.26. The number of oxime groups is 2. The summed E-state index contributed by atoms with van der Waals surface area (Å²) in [5, 5.41) is 10.7. The van der Waals surface area contributed by atoms with E-state index in [0.717, 1.165) is 0 Å². The van der Waals surface area contributed by atoms with E-state index < -0.39 is 5.91 Å². The number of nitrogens with zero attached hydrogens (tertiary/aromatic N) is 2.